The number of aliphatic hydroxyl groups excluding tert-OH is 1. The van der Waals surface area contributed by atoms with Crippen molar-refractivity contribution in [2.24, 2.45) is 0 Å². The second-order valence-corrected chi connectivity index (χ2v) is 7.68. The molecule has 0 aromatic heterocycles. The maximum Gasteiger partial charge on any atom is 0.161 e. The number of rotatable bonds is 9. The third kappa shape index (κ3) is 5.23. The molecule has 0 aliphatic rings. The van der Waals surface area contributed by atoms with Crippen molar-refractivity contribution in [3.63, 3.8) is 0 Å². The fourth-order valence-electron chi connectivity index (χ4n) is 3.65. The van der Waals surface area contributed by atoms with E-state index in [-0.39, 0.29) is 12.4 Å². The van der Waals surface area contributed by atoms with Gasteiger partial charge in [0.25, 0.3) is 0 Å². The highest BCUT2D eigenvalue weighted by Gasteiger charge is 2.22. The Labute approximate surface area is 194 Å². The summed E-state index contributed by atoms with van der Waals surface area (Å²) in [5.74, 6) is 2.46. The number of aliphatic hydroxyl groups is 1. The summed E-state index contributed by atoms with van der Waals surface area (Å²) in [5.41, 5.74) is 4.82. The molecule has 3 aromatic rings. The van der Waals surface area contributed by atoms with Gasteiger partial charge in [-0.1, -0.05) is 23.8 Å². The van der Waals surface area contributed by atoms with Crippen molar-refractivity contribution >= 4 is 0 Å². The lowest BCUT2D eigenvalue weighted by Gasteiger charge is -2.21. The minimum Gasteiger partial charge on any atom is -0.508 e. The van der Waals surface area contributed by atoms with Crippen molar-refractivity contribution in [1.29, 1.82) is 0 Å². The highest BCUT2D eigenvalue weighted by Crippen LogP contribution is 2.46. The highest BCUT2D eigenvalue weighted by atomic mass is 16.5. The molecule has 0 amide bonds. The van der Waals surface area contributed by atoms with Gasteiger partial charge < -0.3 is 29.2 Å². The van der Waals surface area contributed by atoms with E-state index in [9.17, 15) is 10.2 Å². The summed E-state index contributed by atoms with van der Waals surface area (Å²) >= 11 is 0. The topological polar surface area (TPSA) is 77.4 Å². The van der Waals surface area contributed by atoms with E-state index in [1.165, 1.54) is 5.57 Å². The Kier molecular flexibility index (Phi) is 7.85. The fraction of sp³-hybridized carbons (Fsp3) is 0.259. The van der Waals surface area contributed by atoms with Gasteiger partial charge in [0, 0.05) is 16.7 Å². The second-order valence-electron chi connectivity index (χ2n) is 7.68. The maximum atomic E-state index is 10.3. The van der Waals surface area contributed by atoms with Crippen LogP contribution in [-0.2, 0) is 6.61 Å². The number of ether oxygens (including phenoxy) is 4. The van der Waals surface area contributed by atoms with Crippen LogP contribution in [0.1, 0.15) is 19.4 Å². The van der Waals surface area contributed by atoms with E-state index in [4.69, 9.17) is 18.9 Å². The predicted molar refractivity (Wildman–Crippen MR) is 129 cm³/mol. The molecule has 3 rings (SSSR count). The lowest BCUT2D eigenvalue weighted by molar-refractivity contribution is 0.273. The van der Waals surface area contributed by atoms with Gasteiger partial charge in [-0.25, -0.2) is 0 Å². The Balaban J connectivity index is 2.16. The monoisotopic (exact) mass is 450 g/mol. The van der Waals surface area contributed by atoms with Gasteiger partial charge in [-0.15, -0.1) is 0 Å². The van der Waals surface area contributed by atoms with Gasteiger partial charge in [0.2, 0.25) is 0 Å². The summed E-state index contributed by atoms with van der Waals surface area (Å²) in [6.45, 7) is 4.21. The maximum absolute atomic E-state index is 10.3. The number of aromatic hydroxyl groups is 1. The number of hydrogen-bond donors (Lipinski definition) is 2. The number of allylic oxidation sites excluding steroid dienone is 1. The van der Waals surface area contributed by atoms with Crippen LogP contribution in [0.2, 0.25) is 0 Å². The van der Waals surface area contributed by atoms with E-state index >= 15 is 0 Å². The first-order valence-electron chi connectivity index (χ1n) is 10.6. The van der Waals surface area contributed by atoms with E-state index in [2.05, 4.69) is 0 Å². The molecule has 0 saturated heterocycles. The zero-order valence-corrected chi connectivity index (χ0v) is 19.6. The number of phenolic OH excluding ortho intramolecular Hbond substituents is 1. The van der Waals surface area contributed by atoms with E-state index in [0.29, 0.717) is 40.7 Å². The van der Waals surface area contributed by atoms with Crippen molar-refractivity contribution in [3.05, 3.63) is 65.7 Å². The third-order valence-corrected chi connectivity index (χ3v) is 5.29. The molecule has 0 atom stereocenters. The number of methoxy groups -OCH3 is 3. The van der Waals surface area contributed by atoms with Crippen LogP contribution in [0, 0.1) is 0 Å². The lowest BCUT2D eigenvalue weighted by Crippen LogP contribution is -2.02. The fourth-order valence-corrected chi connectivity index (χ4v) is 3.65. The molecule has 0 bridgehead atoms. The molecule has 0 radical (unpaired) electrons. The van der Waals surface area contributed by atoms with Gasteiger partial charge in [-0.3, -0.25) is 0 Å². The summed E-state index contributed by atoms with van der Waals surface area (Å²) in [5, 5.41) is 20.0. The van der Waals surface area contributed by atoms with Crippen LogP contribution < -0.4 is 18.9 Å². The lowest BCUT2D eigenvalue weighted by atomic mass is 9.92. The first-order valence-corrected chi connectivity index (χ1v) is 10.6. The molecule has 0 unspecified atom stereocenters. The molecule has 0 saturated carbocycles. The summed E-state index contributed by atoms with van der Waals surface area (Å²) in [4.78, 5) is 0. The minimum absolute atomic E-state index is 0.169. The van der Waals surface area contributed by atoms with Gasteiger partial charge in [-0.2, -0.15) is 0 Å². The molecule has 174 valence electrons. The summed E-state index contributed by atoms with van der Waals surface area (Å²) in [7, 11) is 4.74. The van der Waals surface area contributed by atoms with Crippen molar-refractivity contribution < 1.29 is 29.2 Å². The van der Waals surface area contributed by atoms with Crippen LogP contribution in [0.15, 0.2) is 60.2 Å². The molecule has 33 heavy (non-hydrogen) atoms. The quantitative estimate of drug-likeness (QED) is 0.414. The highest BCUT2D eigenvalue weighted by molar-refractivity contribution is 5.85. The summed E-state index contributed by atoms with van der Waals surface area (Å²) < 4.78 is 22.9. The van der Waals surface area contributed by atoms with Gasteiger partial charge >= 0.3 is 0 Å². The number of hydrogen-bond acceptors (Lipinski definition) is 6. The van der Waals surface area contributed by atoms with Crippen LogP contribution in [-0.4, -0.2) is 38.1 Å². The molecule has 3 aromatic carbocycles. The van der Waals surface area contributed by atoms with Crippen LogP contribution in [0.4, 0.5) is 0 Å². The van der Waals surface area contributed by atoms with Gasteiger partial charge in [0.05, 0.1) is 27.9 Å². The van der Waals surface area contributed by atoms with Crippen LogP contribution in [0.3, 0.4) is 0 Å². The predicted octanol–water partition coefficient (Wildman–Crippen LogP) is 5.59. The summed E-state index contributed by atoms with van der Waals surface area (Å²) in [6.07, 6.45) is 1.99. The average Bonchev–Trinajstić information content (AvgIpc) is 2.83. The largest absolute Gasteiger partial charge is 0.508 e. The number of phenols is 1. The zero-order chi connectivity index (χ0) is 24.0. The van der Waals surface area contributed by atoms with E-state index in [1.807, 2.05) is 44.2 Å². The Morgan fingerprint density at radius 3 is 2.06 bits per heavy atom. The molecule has 2 N–H and O–H groups in total. The second kappa shape index (κ2) is 10.8. The standard InChI is InChI=1S/C27H30O6/c1-17(2)12-13-33-23-11-8-19(14-24(23)30-3)26-22(16-28)27(32-5)21(15-25(26)31-4)18-6-9-20(29)10-7-18/h6-12,14-15,28-29H,13,16H2,1-5H3. The molecule has 0 heterocycles. The average molecular weight is 451 g/mol. The van der Waals surface area contributed by atoms with E-state index in [0.717, 1.165) is 16.7 Å². The van der Waals surface area contributed by atoms with Gasteiger partial charge in [0.1, 0.15) is 23.9 Å². The van der Waals surface area contributed by atoms with Crippen LogP contribution in [0.5, 0.6) is 28.7 Å². The SMILES string of the molecule is COc1cc(-c2c(OC)cc(-c3ccc(O)cc3)c(OC)c2CO)ccc1OCC=C(C)C. The molecule has 0 spiro atoms. The van der Waals surface area contributed by atoms with Crippen molar-refractivity contribution in [3.8, 4) is 51.0 Å². The molecular weight excluding hydrogens is 420 g/mol. The smallest absolute Gasteiger partial charge is 0.161 e. The number of benzene rings is 3. The third-order valence-electron chi connectivity index (χ3n) is 5.29. The zero-order valence-electron chi connectivity index (χ0n) is 19.6. The normalized spacial score (nSPS) is 10.5. The molecular formula is C27H30O6. The first kappa shape index (κ1) is 24.0. The van der Waals surface area contributed by atoms with E-state index in [1.54, 1.807) is 45.6 Å². The Hall–Kier alpha value is -3.64. The van der Waals surface area contributed by atoms with Crippen LogP contribution >= 0.6 is 0 Å². The molecule has 0 fully saturated rings. The summed E-state index contributed by atoms with van der Waals surface area (Å²) in [6, 6.07) is 14.2. The van der Waals surface area contributed by atoms with Crippen molar-refractivity contribution in [1.82, 2.24) is 0 Å². The van der Waals surface area contributed by atoms with Crippen molar-refractivity contribution in [2.45, 2.75) is 20.5 Å². The first-order chi connectivity index (χ1) is 15.9. The van der Waals surface area contributed by atoms with E-state index < -0.39 is 0 Å². The minimum atomic E-state index is -0.262. The molecule has 0 aliphatic heterocycles. The molecule has 6 nitrogen and oxygen atoms in total. The Morgan fingerprint density at radius 1 is 0.818 bits per heavy atom. The van der Waals surface area contributed by atoms with Crippen molar-refractivity contribution in [2.75, 3.05) is 27.9 Å². The molecule has 0 aliphatic carbocycles. The van der Waals surface area contributed by atoms with Gasteiger partial charge in [-0.05, 0) is 61.4 Å². The molecule has 6 heteroatoms. The van der Waals surface area contributed by atoms with Crippen LogP contribution in [0.25, 0.3) is 22.3 Å². The Morgan fingerprint density at radius 2 is 1.48 bits per heavy atom. The van der Waals surface area contributed by atoms with Gasteiger partial charge in [0.15, 0.2) is 11.5 Å². The Bertz CT molecular complexity index is 1130.